The quantitative estimate of drug-likeness (QED) is 0.796. The van der Waals surface area contributed by atoms with Crippen molar-refractivity contribution in [2.45, 2.75) is 19.9 Å². The molecule has 2 aromatic heterocycles. The Morgan fingerprint density at radius 1 is 1.42 bits per heavy atom. The van der Waals surface area contributed by atoms with Crippen molar-refractivity contribution in [2.24, 2.45) is 0 Å². The Morgan fingerprint density at radius 3 is 3.05 bits per heavy atom. The van der Waals surface area contributed by atoms with Gasteiger partial charge in [0.15, 0.2) is 0 Å². The Bertz CT molecular complexity index is 524. The molecule has 0 fully saturated rings. The van der Waals surface area contributed by atoms with Crippen molar-refractivity contribution in [1.29, 1.82) is 0 Å². The molecule has 0 radical (unpaired) electrons. The van der Waals surface area contributed by atoms with Gasteiger partial charge in [0.2, 0.25) is 5.91 Å². The summed E-state index contributed by atoms with van der Waals surface area (Å²) in [5.74, 6) is -0.0324. The number of aromatic nitrogens is 1. The first-order chi connectivity index (χ1) is 9.25. The second kappa shape index (κ2) is 7.01. The van der Waals surface area contributed by atoms with Crippen molar-refractivity contribution in [3.8, 4) is 0 Å². The summed E-state index contributed by atoms with van der Waals surface area (Å²) < 4.78 is 0. The van der Waals surface area contributed by atoms with Crippen LogP contribution in [0.1, 0.15) is 17.4 Å². The van der Waals surface area contributed by atoms with Gasteiger partial charge in [0.25, 0.3) is 0 Å². The van der Waals surface area contributed by atoms with Crippen molar-refractivity contribution >= 4 is 22.9 Å². The zero-order valence-corrected chi connectivity index (χ0v) is 11.7. The monoisotopic (exact) mass is 275 g/mol. The lowest BCUT2D eigenvalue weighted by atomic mass is 10.2. The van der Waals surface area contributed by atoms with Gasteiger partial charge < -0.3 is 10.6 Å². The van der Waals surface area contributed by atoms with E-state index in [9.17, 15) is 4.79 Å². The molecule has 0 bridgehead atoms. The lowest BCUT2D eigenvalue weighted by Gasteiger charge is -2.06. The Kier molecular flexibility index (Phi) is 5.06. The van der Waals surface area contributed by atoms with E-state index in [2.05, 4.69) is 21.7 Å². The number of thiophene rings is 1. The molecule has 100 valence electrons. The van der Waals surface area contributed by atoms with E-state index in [1.165, 1.54) is 12.5 Å². The molecule has 0 aliphatic rings. The molecule has 4 nitrogen and oxygen atoms in total. The molecular weight excluding hydrogens is 258 g/mol. The van der Waals surface area contributed by atoms with E-state index in [1.807, 2.05) is 23.7 Å². The number of amides is 1. The standard InChI is InChI=1S/C14H17N3OS/c1-11(18)17-13-5-8-19-14(13)10-16-7-4-12-3-2-6-15-9-12/h2-3,5-6,8-9,16H,4,7,10H2,1H3,(H,17,18). The lowest BCUT2D eigenvalue weighted by molar-refractivity contribution is -0.114. The summed E-state index contributed by atoms with van der Waals surface area (Å²) >= 11 is 1.65. The van der Waals surface area contributed by atoms with Gasteiger partial charge in [-0.15, -0.1) is 11.3 Å². The largest absolute Gasteiger partial charge is 0.325 e. The third-order valence-corrected chi connectivity index (χ3v) is 3.58. The molecule has 2 N–H and O–H groups in total. The minimum absolute atomic E-state index is 0.0324. The number of anilines is 1. The number of carbonyl (C=O) groups excluding carboxylic acids is 1. The predicted molar refractivity (Wildman–Crippen MR) is 78.3 cm³/mol. The van der Waals surface area contributed by atoms with Gasteiger partial charge in [0, 0.05) is 30.7 Å². The maximum Gasteiger partial charge on any atom is 0.221 e. The fraction of sp³-hybridized carbons (Fsp3) is 0.286. The topological polar surface area (TPSA) is 54.0 Å². The Balaban J connectivity index is 1.77. The van der Waals surface area contributed by atoms with Gasteiger partial charge in [-0.1, -0.05) is 6.07 Å². The molecule has 2 rings (SSSR count). The molecule has 0 atom stereocenters. The normalized spacial score (nSPS) is 10.4. The second-order valence-electron chi connectivity index (χ2n) is 4.23. The molecule has 5 heteroatoms. The van der Waals surface area contributed by atoms with E-state index in [1.54, 1.807) is 17.5 Å². The maximum atomic E-state index is 11.0. The van der Waals surface area contributed by atoms with Crippen LogP contribution < -0.4 is 10.6 Å². The molecule has 2 aromatic rings. The number of pyridine rings is 1. The van der Waals surface area contributed by atoms with E-state index in [-0.39, 0.29) is 5.91 Å². The highest BCUT2D eigenvalue weighted by atomic mass is 32.1. The van der Waals surface area contributed by atoms with E-state index >= 15 is 0 Å². The molecule has 0 aliphatic heterocycles. The van der Waals surface area contributed by atoms with Gasteiger partial charge in [-0.2, -0.15) is 0 Å². The minimum Gasteiger partial charge on any atom is -0.325 e. The minimum atomic E-state index is -0.0324. The summed E-state index contributed by atoms with van der Waals surface area (Å²) in [5, 5.41) is 8.20. The zero-order valence-electron chi connectivity index (χ0n) is 10.8. The smallest absolute Gasteiger partial charge is 0.221 e. The Labute approximate surface area is 116 Å². The summed E-state index contributed by atoms with van der Waals surface area (Å²) in [5.41, 5.74) is 2.13. The van der Waals surface area contributed by atoms with E-state index in [0.29, 0.717) is 0 Å². The summed E-state index contributed by atoms with van der Waals surface area (Å²) in [6.45, 7) is 3.19. The first kappa shape index (κ1) is 13.7. The first-order valence-electron chi connectivity index (χ1n) is 6.19. The molecule has 0 spiro atoms. The molecule has 0 saturated heterocycles. The Morgan fingerprint density at radius 2 is 2.32 bits per heavy atom. The molecule has 2 heterocycles. The molecule has 0 aliphatic carbocycles. The van der Waals surface area contributed by atoms with E-state index < -0.39 is 0 Å². The molecule has 0 saturated carbocycles. The van der Waals surface area contributed by atoms with Gasteiger partial charge in [-0.25, -0.2) is 0 Å². The summed E-state index contributed by atoms with van der Waals surface area (Å²) in [6.07, 6.45) is 4.62. The van der Waals surface area contributed by atoms with Gasteiger partial charge in [-0.3, -0.25) is 9.78 Å². The van der Waals surface area contributed by atoms with Crippen LogP contribution in [0.4, 0.5) is 5.69 Å². The molecule has 0 aromatic carbocycles. The van der Waals surface area contributed by atoms with Gasteiger partial charge in [0.05, 0.1) is 5.69 Å². The van der Waals surface area contributed by atoms with Crippen molar-refractivity contribution in [2.75, 3.05) is 11.9 Å². The van der Waals surface area contributed by atoms with Crippen LogP contribution in [0.5, 0.6) is 0 Å². The fourth-order valence-electron chi connectivity index (χ4n) is 1.76. The van der Waals surface area contributed by atoms with Crippen molar-refractivity contribution < 1.29 is 4.79 Å². The van der Waals surface area contributed by atoms with Crippen LogP contribution in [-0.4, -0.2) is 17.4 Å². The van der Waals surface area contributed by atoms with Gasteiger partial charge >= 0.3 is 0 Å². The number of carbonyl (C=O) groups is 1. The van der Waals surface area contributed by atoms with Crippen molar-refractivity contribution in [3.63, 3.8) is 0 Å². The van der Waals surface area contributed by atoms with Crippen LogP contribution in [0.3, 0.4) is 0 Å². The third-order valence-electron chi connectivity index (χ3n) is 2.65. The van der Waals surface area contributed by atoms with Crippen LogP contribution in [0.15, 0.2) is 36.0 Å². The number of hydrogen-bond donors (Lipinski definition) is 2. The predicted octanol–water partition coefficient (Wildman–Crippen LogP) is 2.43. The number of nitrogens with one attached hydrogen (secondary N) is 2. The summed E-state index contributed by atoms with van der Waals surface area (Å²) in [6, 6.07) is 5.95. The Hall–Kier alpha value is -1.72. The van der Waals surface area contributed by atoms with Crippen molar-refractivity contribution in [1.82, 2.24) is 10.3 Å². The first-order valence-corrected chi connectivity index (χ1v) is 7.07. The fourth-order valence-corrected chi connectivity index (χ4v) is 2.56. The molecule has 0 unspecified atom stereocenters. The van der Waals surface area contributed by atoms with Crippen molar-refractivity contribution in [3.05, 3.63) is 46.4 Å². The van der Waals surface area contributed by atoms with Crippen LogP contribution in [0.25, 0.3) is 0 Å². The summed E-state index contributed by atoms with van der Waals surface area (Å²) in [4.78, 5) is 16.3. The summed E-state index contributed by atoms with van der Waals surface area (Å²) in [7, 11) is 0. The molecule has 1 amide bonds. The molecular formula is C14H17N3OS. The van der Waals surface area contributed by atoms with Crippen LogP contribution in [0, 0.1) is 0 Å². The number of hydrogen-bond acceptors (Lipinski definition) is 4. The maximum absolute atomic E-state index is 11.0. The van der Waals surface area contributed by atoms with Crippen LogP contribution >= 0.6 is 11.3 Å². The zero-order chi connectivity index (χ0) is 13.5. The third kappa shape index (κ3) is 4.46. The van der Waals surface area contributed by atoms with Crippen LogP contribution in [0.2, 0.25) is 0 Å². The SMILES string of the molecule is CC(=O)Nc1ccsc1CNCCc1cccnc1. The van der Waals surface area contributed by atoms with Gasteiger partial charge in [-0.05, 0) is 36.0 Å². The van der Waals surface area contributed by atoms with Crippen LogP contribution in [-0.2, 0) is 17.8 Å². The van der Waals surface area contributed by atoms with E-state index in [4.69, 9.17) is 0 Å². The lowest BCUT2D eigenvalue weighted by Crippen LogP contribution is -2.17. The average molecular weight is 275 g/mol. The van der Waals surface area contributed by atoms with E-state index in [0.717, 1.165) is 30.1 Å². The highest BCUT2D eigenvalue weighted by molar-refractivity contribution is 7.10. The highest BCUT2D eigenvalue weighted by Gasteiger charge is 2.04. The second-order valence-corrected chi connectivity index (χ2v) is 5.23. The number of nitrogens with zero attached hydrogens (tertiary/aromatic N) is 1. The number of rotatable bonds is 6. The molecule has 19 heavy (non-hydrogen) atoms. The highest BCUT2D eigenvalue weighted by Crippen LogP contribution is 2.21. The van der Waals surface area contributed by atoms with Gasteiger partial charge in [0.1, 0.15) is 0 Å². The average Bonchev–Trinajstić information content (AvgIpc) is 2.82.